The van der Waals surface area contributed by atoms with E-state index >= 15 is 0 Å². The third-order valence-electron chi connectivity index (χ3n) is 5.32. The second-order valence-electron chi connectivity index (χ2n) is 7.76. The molecule has 1 fully saturated rings. The summed E-state index contributed by atoms with van der Waals surface area (Å²) in [4.78, 5) is 26.8. The Labute approximate surface area is 218 Å². The zero-order chi connectivity index (χ0) is 25.8. The van der Waals surface area contributed by atoms with Crippen LogP contribution in [-0.4, -0.2) is 78.9 Å². The molecule has 0 aromatic heterocycles. The van der Waals surface area contributed by atoms with Gasteiger partial charge in [-0.05, 0) is 48.9 Å². The molecule has 1 heterocycles. The zero-order valence-corrected chi connectivity index (χ0v) is 21.7. The molecule has 1 unspecified atom stereocenters. The van der Waals surface area contributed by atoms with Crippen molar-refractivity contribution in [3.63, 3.8) is 0 Å². The fourth-order valence-corrected chi connectivity index (χ4v) is 5.18. The minimum absolute atomic E-state index is 0.00379. The number of rotatable bonds is 14. The molecule has 4 N–H and O–H groups in total. The Morgan fingerprint density at radius 3 is 2.58 bits per heavy atom. The van der Waals surface area contributed by atoms with Crippen LogP contribution in [0, 0.1) is 0 Å². The highest BCUT2D eigenvalue weighted by Gasteiger charge is 2.26. The lowest BCUT2D eigenvalue weighted by Crippen LogP contribution is -2.40. The zero-order valence-electron chi connectivity index (χ0n) is 20.1. The van der Waals surface area contributed by atoms with Crippen LogP contribution in [-0.2, 0) is 9.59 Å². The second kappa shape index (κ2) is 14.7. The first kappa shape index (κ1) is 27.8. The number of benzene rings is 2. The number of thioether (sulfide) groups is 2. The van der Waals surface area contributed by atoms with Crippen molar-refractivity contribution in [1.29, 1.82) is 0 Å². The Bertz CT molecular complexity index is 1030. The van der Waals surface area contributed by atoms with Gasteiger partial charge in [0.25, 0.3) is 0 Å². The van der Waals surface area contributed by atoms with E-state index in [9.17, 15) is 19.8 Å². The lowest BCUT2D eigenvalue weighted by atomic mass is 10.2. The fourth-order valence-electron chi connectivity index (χ4n) is 3.49. The summed E-state index contributed by atoms with van der Waals surface area (Å²) in [7, 11) is 1.59. The van der Waals surface area contributed by atoms with Crippen LogP contribution < -0.4 is 20.3 Å². The van der Waals surface area contributed by atoms with Gasteiger partial charge in [-0.2, -0.15) is 10.2 Å². The van der Waals surface area contributed by atoms with Gasteiger partial charge in [0, 0.05) is 35.1 Å². The van der Waals surface area contributed by atoms with Gasteiger partial charge in [-0.3, -0.25) is 9.59 Å². The predicted octanol–water partition coefficient (Wildman–Crippen LogP) is 2.88. The van der Waals surface area contributed by atoms with Gasteiger partial charge in [0.1, 0.15) is 11.6 Å². The molecule has 1 saturated heterocycles. The molecule has 3 rings (SSSR count). The molecule has 0 saturated carbocycles. The number of carbonyl (C=O) groups excluding carboxylic acids is 2. The standard InChI is InChI=1S/C24H31N5O5S2/c1-34-19-6-7-20(25-15-23(32)27-21-8-13-35-24(21)33)22(14-19)36-16-26-28-17-2-4-18(5-3-17)29(9-11-30)10-12-31/h2-7,14,21,25,30-31H,8-13,15-16H2,1H3,(H,27,32). The summed E-state index contributed by atoms with van der Waals surface area (Å²) >= 11 is 2.70. The highest BCUT2D eigenvalue weighted by atomic mass is 32.2. The molecule has 1 atom stereocenters. The smallest absolute Gasteiger partial charge is 0.239 e. The van der Waals surface area contributed by atoms with E-state index in [2.05, 4.69) is 20.9 Å². The molecule has 0 aliphatic carbocycles. The van der Waals surface area contributed by atoms with Crippen molar-refractivity contribution >= 4 is 51.6 Å². The lowest BCUT2D eigenvalue weighted by molar-refractivity contribution is -0.123. The largest absolute Gasteiger partial charge is 0.497 e. The van der Waals surface area contributed by atoms with Crippen molar-refractivity contribution in [1.82, 2.24) is 5.32 Å². The molecule has 36 heavy (non-hydrogen) atoms. The first-order valence-electron chi connectivity index (χ1n) is 11.5. The van der Waals surface area contributed by atoms with Crippen molar-refractivity contribution in [2.45, 2.75) is 17.4 Å². The summed E-state index contributed by atoms with van der Waals surface area (Å²) in [6.07, 6.45) is 0.663. The van der Waals surface area contributed by atoms with Crippen LogP contribution in [0.1, 0.15) is 6.42 Å². The highest BCUT2D eigenvalue weighted by Crippen LogP contribution is 2.31. The summed E-state index contributed by atoms with van der Waals surface area (Å²) in [6, 6.07) is 12.5. The number of aliphatic hydroxyl groups excluding tert-OH is 2. The summed E-state index contributed by atoms with van der Waals surface area (Å²) in [6.45, 7) is 0.933. The Balaban J connectivity index is 1.55. The molecule has 2 aromatic rings. The highest BCUT2D eigenvalue weighted by molar-refractivity contribution is 8.14. The molecule has 0 radical (unpaired) electrons. The van der Waals surface area contributed by atoms with Crippen LogP contribution in [0.4, 0.5) is 17.1 Å². The minimum Gasteiger partial charge on any atom is -0.497 e. The molecule has 194 valence electrons. The maximum atomic E-state index is 12.3. The predicted molar refractivity (Wildman–Crippen MR) is 144 cm³/mol. The van der Waals surface area contributed by atoms with Gasteiger partial charge in [0.05, 0.1) is 38.6 Å². The maximum absolute atomic E-state index is 12.3. The van der Waals surface area contributed by atoms with Gasteiger partial charge in [-0.25, -0.2) is 0 Å². The second-order valence-corrected chi connectivity index (χ2v) is 9.84. The minimum atomic E-state index is -0.407. The molecule has 1 amide bonds. The van der Waals surface area contributed by atoms with E-state index in [0.717, 1.165) is 22.0 Å². The molecule has 12 heteroatoms. The number of aliphatic hydroxyl groups is 2. The van der Waals surface area contributed by atoms with Gasteiger partial charge in [0.2, 0.25) is 11.0 Å². The Hall–Kier alpha value is -2.80. The number of amides is 1. The van der Waals surface area contributed by atoms with Crippen LogP contribution in [0.15, 0.2) is 57.6 Å². The third kappa shape index (κ3) is 8.40. The van der Waals surface area contributed by atoms with Gasteiger partial charge >= 0.3 is 0 Å². The lowest BCUT2D eigenvalue weighted by Gasteiger charge is -2.22. The van der Waals surface area contributed by atoms with Crippen LogP contribution in [0.25, 0.3) is 0 Å². The molecular formula is C24H31N5O5S2. The van der Waals surface area contributed by atoms with E-state index in [1.807, 2.05) is 41.3 Å². The normalized spacial score (nSPS) is 15.3. The van der Waals surface area contributed by atoms with Gasteiger partial charge in [0.15, 0.2) is 0 Å². The molecule has 0 spiro atoms. The number of methoxy groups -OCH3 is 1. The number of ether oxygens (including phenoxy) is 1. The Morgan fingerprint density at radius 2 is 1.94 bits per heavy atom. The van der Waals surface area contributed by atoms with Crippen LogP contribution >= 0.6 is 23.5 Å². The molecule has 1 aliphatic rings. The number of nitrogens with one attached hydrogen (secondary N) is 2. The van der Waals surface area contributed by atoms with Crippen molar-refractivity contribution < 1.29 is 24.5 Å². The fraction of sp³-hybridized carbons (Fsp3) is 0.417. The van der Waals surface area contributed by atoms with E-state index in [-0.39, 0.29) is 30.8 Å². The average molecular weight is 534 g/mol. The van der Waals surface area contributed by atoms with Gasteiger partial charge in [-0.1, -0.05) is 23.5 Å². The summed E-state index contributed by atoms with van der Waals surface area (Å²) < 4.78 is 5.33. The van der Waals surface area contributed by atoms with Crippen molar-refractivity contribution in [3.05, 3.63) is 42.5 Å². The summed E-state index contributed by atoms with van der Waals surface area (Å²) in [5, 5.41) is 32.8. The molecule has 1 aliphatic heterocycles. The van der Waals surface area contributed by atoms with Crippen LogP contribution in [0.5, 0.6) is 5.75 Å². The summed E-state index contributed by atoms with van der Waals surface area (Å²) in [5.74, 6) is 1.54. The summed E-state index contributed by atoms with van der Waals surface area (Å²) in [5.41, 5.74) is 2.33. The SMILES string of the molecule is COc1ccc(NCC(=O)NC2CCSC2=O)c(SCN=Nc2ccc(N(CCO)CCO)cc2)c1. The number of nitrogens with zero attached hydrogens (tertiary/aromatic N) is 3. The van der Waals surface area contributed by atoms with E-state index < -0.39 is 6.04 Å². The van der Waals surface area contributed by atoms with Gasteiger partial charge < -0.3 is 30.5 Å². The maximum Gasteiger partial charge on any atom is 0.239 e. The molecule has 0 bridgehead atoms. The molecule has 2 aromatic carbocycles. The number of anilines is 2. The molecular weight excluding hydrogens is 502 g/mol. The number of hydrogen-bond acceptors (Lipinski definition) is 11. The van der Waals surface area contributed by atoms with E-state index in [4.69, 9.17) is 4.74 Å². The quantitative estimate of drug-likeness (QED) is 0.213. The van der Waals surface area contributed by atoms with E-state index in [0.29, 0.717) is 36.8 Å². The van der Waals surface area contributed by atoms with Gasteiger partial charge in [-0.15, -0.1) is 0 Å². The van der Waals surface area contributed by atoms with Crippen LogP contribution in [0.3, 0.4) is 0 Å². The monoisotopic (exact) mass is 533 g/mol. The number of carbonyl (C=O) groups is 2. The van der Waals surface area contributed by atoms with Crippen LogP contribution in [0.2, 0.25) is 0 Å². The van der Waals surface area contributed by atoms with E-state index in [1.165, 1.54) is 23.5 Å². The topological polar surface area (TPSA) is 136 Å². The van der Waals surface area contributed by atoms with Crippen molar-refractivity contribution in [3.8, 4) is 5.75 Å². The van der Waals surface area contributed by atoms with Crippen molar-refractivity contribution in [2.75, 3.05) is 61.8 Å². The van der Waals surface area contributed by atoms with Crippen molar-refractivity contribution in [2.24, 2.45) is 10.2 Å². The average Bonchev–Trinajstić information content (AvgIpc) is 3.29. The molecule has 10 nitrogen and oxygen atoms in total. The third-order valence-corrected chi connectivity index (χ3v) is 7.22. The Kier molecular flexibility index (Phi) is 11.3. The number of azo groups is 1. The van der Waals surface area contributed by atoms with E-state index in [1.54, 1.807) is 13.2 Å². The number of hydrogen-bond donors (Lipinski definition) is 4. The first-order chi connectivity index (χ1) is 17.5. The first-order valence-corrected chi connectivity index (χ1v) is 13.5. The Morgan fingerprint density at radius 1 is 1.19 bits per heavy atom.